The van der Waals surface area contributed by atoms with Crippen LogP contribution in [0.15, 0.2) is 89.3 Å². The SMILES string of the molecule is Cc1ccc(-c2cc(C(F)F)nc3sc(C(N)=O)c(NC(=O)c4ccc(COc5ccc(C(C)(C)c6ccccc6)cc5)o4)c23)s1. The highest BCUT2D eigenvalue weighted by molar-refractivity contribution is 7.21. The van der Waals surface area contributed by atoms with E-state index >= 15 is 0 Å². The molecule has 0 saturated carbocycles. The molecule has 0 aliphatic rings. The fraction of sp³-hybridized carbons (Fsp3) is 0.171. The van der Waals surface area contributed by atoms with Gasteiger partial charge in [0.2, 0.25) is 0 Å². The van der Waals surface area contributed by atoms with Crippen molar-refractivity contribution in [3.05, 3.63) is 123 Å². The number of furan rings is 1. The lowest BCUT2D eigenvalue weighted by Gasteiger charge is -2.26. The summed E-state index contributed by atoms with van der Waals surface area (Å²) in [7, 11) is 0. The number of halogens is 2. The van der Waals surface area contributed by atoms with Crippen LogP contribution in [-0.2, 0) is 12.0 Å². The fourth-order valence-corrected chi connectivity index (χ4v) is 7.10. The largest absolute Gasteiger partial charge is 0.486 e. The minimum absolute atomic E-state index is 0.00852. The summed E-state index contributed by atoms with van der Waals surface area (Å²) in [5.74, 6) is -0.455. The smallest absolute Gasteiger partial charge is 0.291 e. The van der Waals surface area contributed by atoms with Gasteiger partial charge in [-0.25, -0.2) is 13.8 Å². The van der Waals surface area contributed by atoms with Gasteiger partial charge in [-0.2, -0.15) is 0 Å². The second-order valence-corrected chi connectivity index (χ2v) is 13.5. The third-order valence-electron chi connectivity index (χ3n) is 7.71. The molecule has 0 aliphatic carbocycles. The monoisotopic (exact) mass is 657 g/mol. The van der Waals surface area contributed by atoms with Crippen LogP contribution in [0.4, 0.5) is 14.5 Å². The van der Waals surface area contributed by atoms with Crippen molar-refractivity contribution < 1.29 is 27.5 Å². The molecule has 4 aromatic heterocycles. The number of nitrogens with zero attached hydrogens (tertiary/aromatic N) is 1. The maximum atomic E-state index is 13.8. The average molecular weight is 658 g/mol. The van der Waals surface area contributed by atoms with E-state index in [4.69, 9.17) is 14.9 Å². The Balaban J connectivity index is 1.22. The van der Waals surface area contributed by atoms with Gasteiger partial charge in [-0.1, -0.05) is 56.3 Å². The number of primary amides is 1. The first-order chi connectivity index (χ1) is 22.0. The predicted molar refractivity (Wildman–Crippen MR) is 177 cm³/mol. The number of carbonyl (C=O) groups is 2. The molecule has 3 N–H and O–H groups in total. The zero-order chi connectivity index (χ0) is 32.6. The van der Waals surface area contributed by atoms with E-state index in [2.05, 4.69) is 36.3 Å². The Bertz CT molecular complexity index is 2050. The summed E-state index contributed by atoms with van der Waals surface area (Å²) in [6.07, 6.45) is -2.83. The predicted octanol–water partition coefficient (Wildman–Crippen LogP) is 9.12. The molecule has 234 valence electrons. The minimum atomic E-state index is -2.83. The minimum Gasteiger partial charge on any atom is -0.486 e. The van der Waals surface area contributed by atoms with Crippen LogP contribution < -0.4 is 15.8 Å². The number of nitrogens with two attached hydrogens (primary N) is 1. The number of thiophene rings is 2. The topological polar surface area (TPSA) is 107 Å². The number of fused-ring (bicyclic) bond motifs is 1. The molecule has 0 saturated heterocycles. The first-order valence-electron chi connectivity index (χ1n) is 14.3. The van der Waals surface area contributed by atoms with Gasteiger partial charge in [-0.3, -0.25) is 9.59 Å². The number of hydrogen-bond acceptors (Lipinski definition) is 7. The molecule has 46 heavy (non-hydrogen) atoms. The third kappa shape index (κ3) is 6.16. The van der Waals surface area contributed by atoms with Gasteiger partial charge in [-0.15, -0.1) is 22.7 Å². The van der Waals surface area contributed by atoms with Gasteiger partial charge in [0.05, 0.1) is 5.69 Å². The molecule has 2 amide bonds. The third-order valence-corrected chi connectivity index (χ3v) is 9.84. The van der Waals surface area contributed by atoms with Crippen molar-refractivity contribution in [2.45, 2.75) is 39.2 Å². The maximum Gasteiger partial charge on any atom is 0.291 e. The quantitative estimate of drug-likeness (QED) is 0.153. The van der Waals surface area contributed by atoms with Crippen molar-refractivity contribution in [3.63, 3.8) is 0 Å². The number of benzene rings is 2. The van der Waals surface area contributed by atoms with Crippen LogP contribution in [0.5, 0.6) is 5.75 Å². The van der Waals surface area contributed by atoms with Crippen molar-refractivity contribution in [1.82, 2.24) is 4.98 Å². The maximum absolute atomic E-state index is 13.8. The highest BCUT2D eigenvalue weighted by atomic mass is 32.1. The standard InChI is InChI=1S/C35H29F2N3O4S2/c1-19-9-16-27(45-19)24-17-25(31(36)37)39-34-28(24)29(30(46-34)32(38)41)40-33(42)26-15-14-23(44-26)18-43-22-12-10-21(11-13-22)35(2,3)20-7-5-4-6-8-20/h4-17,31H,18H2,1-3H3,(H2,38,41)(H,40,42). The molecule has 0 unspecified atom stereocenters. The van der Waals surface area contributed by atoms with Crippen LogP contribution in [0.2, 0.25) is 0 Å². The lowest BCUT2D eigenvalue weighted by Crippen LogP contribution is -2.18. The Morgan fingerprint density at radius 2 is 1.70 bits per heavy atom. The van der Waals surface area contributed by atoms with Gasteiger partial charge in [0.1, 0.15) is 33.5 Å². The van der Waals surface area contributed by atoms with Crippen LogP contribution in [0.1, 0.15) is 68.0 Å². The molecule has 6 rings (SSSR count). The Hall–Kier alpha value is -4.87. The summed E-state index contributed by atoms with van der Waals surface area (Å²) in [4.78, 5) is 31.7. The Morgan fingerprint density at radius 3 is 2.35 bits per heavy atom. The molecule has 11 heteroatoms. The van der Waals surface area contributed by atoms with E-state index in [9.17, 15) is 18.4 Å². The number of alkyl halides is 2. The molecule has 0 spiro atoms. The van der Waals surface area contributed by atoms with E-state index < -0.39 is 23.9 Å². The summed E-state index contributed by atoms with van der Waals surface area (Å²) >= 11 is 2.24. The van der Waals surface area contributed by atoms with Gasteiger partial charge in [-0.05, 0) is 60.5 Å². The number of aromatic nitrogens is 1. The van der Waals surface area contributed by atoms with Crippen LogP contribution in [-0.4, -0.2) is 16.8 Å². The summed E-state index contributed by atoms with van der Waals surface area (Å²) in [5, 5.41) is 3.09. The molecular weight excluding hydrogens is 629 g/mol. The molecular formula is C35H29F2N3O4S2. The molecule has 2 aromatic carbocycles. The number of aryl methyl sites for hydroxylation is 1. The van der Waals surface area contributed by atoms with E-state index in [1.54, 1.807) is 12.1 Å². The van der Waals surface area contributed by atoms with Crippen molar-refractivity contribution in [1.29, 1.82) is 0 Å². The number of hydrogen-bond donors (Lipinski definition) is 2. The molecule has 0 fully saturated rings. The van der Waals surface area contributed by atoms with Crippen LogP contribution >= 0.6 is 22.7 Å². The van der Waals surface area contributed by atoms with E-state index in [1.165, 1.54) is 29.0 Å². The van der Waals surface area contributed by atoms with Crippen LogP contribution in [0.3, 0.4) is 0 Å². The van der Waals surface area contributed by atoms with Crippen molar-refractivity contribution in [2.24, 2.45) is 5.73 Å². The van der Waals surface area contributed by atoms with Gasteiger partial charge in [0.25, 0.3) is 18.2 Å². The number of nitrogens with one attached hydrogen (secondary N) is 1. The Kier molecular flexibility index (Phi) is 8.45. The summed E-state index contributed by atoms with van der Waals surface area (Å²) < 4.78 is 39.2. The average Bonchev–Trinajstić information content (AvgIpc) is 3.79. The van der Waals surface area contributed by atoms with E-state index in [0.29, 0.717) is 27.3 Å². The second kappa shape index (κ2) is 12.5. The first-order valence-corrected chi connectivity index (χ1v) is 16.0. The number of carbonyl (C=O) groups excluding carboxylic acids is 2. The van der Waals surface area contributed by atoms with Crippen molar-refractivity contribution >= 4 is 50.4 Å². The second-order valence-electron chi connectivity index (χ2n) is 11.2. The highest BCUT2D eigenvalue weighted by Gasteiger charge is 2.27. The van der Waals surface area contributed by atoms with Gasteiger partial charge in [0.15, 0.2) is 5.76 Å². The lowest BCUT2D eigenvalue weighted by molar-refractivity contribution is 0.0992. The lowest BCUT2D eigenvalue weighted by atomic mass is 9.78. The van der Waals surface area contributed by atoms with Crippen molar-refractivity contribution in [2.75, 3.05) is 5.32 Å². The first kappa shape index (κ1) is 31.1. The molecule has 6 aromatic rings. The molecule has 0 aliphatic heterocycles. The Morgan fingerprint density at radius 1 is 0.978 bits per heavy atom. The normalized spacial score (nSPS) is 11.7. The van der Waals surface area contributed by atoms with E-state index in [-0.39, 0.29) is 33.2 Å². The highest BCUT2D eigenvalue weighted by Crippen LogP contribution is 2.44. The number of anilines is 1. The number of pyridine rings is 1. The molecule has 4 heterocycles. The van der Waals surface area contributed by atoms with Crippen LogP contribution in [0, 0.1) is 6.92 Å². The molecule has 0 atom stereocenters. The van der Waals surface area contributed by atoms with E-state index in [1.807, 2.05) is 55.5 Å². The number of rotatable bonds is 10. The summed E-state index contributed by atoms with van der Waals surface area (Å²) in [5.41, 5.74) is 7.89. The van der Waals surface area contributed by atoms with Gasteiger partial charge >= 0.3 is 0 Å². The number of ether oxygens (including phenoxy) is 1. The molecule has 7 nitrogen and oxygen atoms in total. The summed E-state index contributed by atoms with van der Waals surface area (Å²) in [6.45, 7) is 6.30. The molecule has 0 radical (unpaired) electrons. The molecule has 0 bridgehead atoms. The summed E-state index contributed by atoms with van der Waals surface area (Å²) in [6, 6.07) is 26.1. The van der Waals surface area contributed by atoms with Crippen molar-refractivity contribution in [3.8, 4) is 16.2 Å². The van der Waals surface area contributed by atoms with Gasteiger partial charge < -0.3 is 20.2 Å². The zero-order valence-electron chi connectivity index (χ0n) is 25.1. The zero-order valence-corrected chi connectivity index (χ0v) is 26.7. The van der Waals surface area contributed by atoms with Gasteiger partial charge in [0, 0.05) is 26.1 Å². The number of amides is 2. The van der Waals surface area contributed by atoms with E-state index in [0.717, 1.165) is 21.8 Å². The van der Waals surface area contributed by atoms with Crippen LogP contribution in [0.25, 0.3) is 20.7 Å². The fourth-order valence-electron chi connectivity index (χ4n) is 5.19. The Labute approximate surface area is 271 Å².